The van der Waals surface area contributed by atoms with Crippen LogP contribution in [0.25, 0.3) is 0 Å². The van der Waals surface area contributed by atoms with Gasteiger partial charge in [-0.2, -0.15) is 13.2 Å². The van der Waals surface area contributed by atoms with Crippen molar-refractivity contribution in [3.8, 4) is 0 Å². The van der Waals surface area contributed by atoms with Crippen molar-refractivity contribution in [1.82, 2.24) is 4.90 Å². The number of hydrogen-bond acceptors (Lipinski definition) is 2. The molecular weight excluding hydrogens is 257 g/mol. The highest BCUT2D eigenvalue weighted by atomic mass is 19.4. The molecule has 0 unspecified atom stereocenters. The molecule has 0 saturated carbocycles. The van der Waals surface area contributed by atoms with E-state index in [-0.39, 0.29) is 13.1 Å². The summed E-state index contributed by atoms with van der Waals surface area (Å²) in [5, 5.41) is 0. The first kappa shape index (κ1) is 13.7. The van der Waals surface area contributed by atoms with E-state index in [1.165, 1.54) is 0 Å². The lowest BCUT2D eigenvalue weighted by Crippen LogP contribution is -2.49. The number of nitrogens with two attached hydrogens (primary N) is 1. The second-order valence-corrected chi connectivity index (χ2v) is 5.46. The fraction of sp³-hybridized carbons (Fsp3) is 0.462. The van der Waals surface area contributed by atoms with Crippen LogP contribution in [0, 0.1) is 0 Å². The van der Waals surface area contributed by atoms with Crippen molar-refractivity contribution in [2.24, 2.45) is 0 Å². The molecule has 6 heteroatoms. The predicted molar refractivity (Wildman–Crippen MR) is 65.4 cm³/mol. The van der Waals surface area contributed by atoms with Gasteiger partial charge >= 0.3 is 12.1 Å². The molecule has 0 aromatic heterocycles. The fourth-order valence-electron chi connectivity index (χ4n) is 2.55. The Kier molecular flexibility index (Phi) is 2.99. The number of benzene rings is 1. The first-order valence-electron chi connectivity index (χ1n) is 5.86. The van der Waals surface area contributed by atoms with E-state index in [1.807, 2.05) is 19.9 Å². The number of hydrogen-bond donors (Lipinski definition) is 1. The van der Waals surface area contributed by atoms with Crippen LogP contribution < -0.4 is 5.73 Å². The highest BCUT2D eigenvalue weighted by Gasteiger charge is 2.45. The minimum atomic E-state index is -4.84. The topological polar surface area (TPSA) is 46.3 Å². The van der Waals surface area contributed by atoms with Gasteiger partial charge in [0.25, 0.3) is 0 Å². The summed E-state index contributed by atoms with van der Waals surface area (Å²) in [6.07, 6.45) is -4.84. The van der Waals surface area contributed by atoms with Crippen LogP contribution >= 0.6 is 0 Å². The predicted octanol–water partition coefficient (Wildman–Crippen LogP) is 2.45. The lowest BCUT2D eigenvalue weighted by Gasteiger charge is -2.40. The van der Waals surface area contributed by atoms with Gasteiger partial charge in [-0.25, -0.2) is 0 Å². The molecule has 1 amide bonds. The molecule has 1 aromatic rings. The molecule has 19 heavy (non-hydrogen) atoms. The van der Waals surface area contributed by atoms with E-state index in [4.69, 9.17) is 5.73 Å². The molecule has 2 N–H and O–H groups in total. The molecule has 2 rings (SSSR count). The van der Waals surface area contributed by atoms with Crippen molar-refractivity contribution in [3.63, 3.8) is 0 Å². The van der Waals surface area contributed by atoms with E-state index < -0.39 is 17.5 Å². The molecule has 3 nitrogen and oxygen atoms in total. The second kappa shape index (κ2) is 4.15. The van der Waals surface area contributed by atoms with Crippen molar-refractivity contribution in [2.75, 3.05) is 12.3 Å². The van der Waals surface area contributed by atoms with E-state index in [2.05, 4.69) is 0 Å². The first-order valence-corrected chi connectivity index (χ1v) is 5.86. The van der Waals surface area contributed by atoms with E-state index >= 15 is 0 Å². The molecule has 0 fully saturated rings. The lowest BCUT2D eigenvalue weighted by molar-refractivity contribution is -0.187. The lowest BCUT2D eigenvalue weighted by atomic mass is 9.78. The van der Waals surface area contributed by atoms with Crippen molar-refractivity contribution in [2.45, 2.75) is 32.0 Å². The van der Waals surface area contributed by atoms with Gasteiger partial charge in [0, 0.05) is 24.2 Å². The Labute approximate surface area is 109 Å². The van der Waals surface area contributed by atoms with Crippen LogP contribution in [0.3, 0.4) is 0 Å². The molecule has 104 valence electrons. The number of amides is 1. The summed E-state index contributed by atoms with van der Waals surface area (Å²) in [4.78, 5) is 12.2. The van der Waals surface area contributed by atoms with Crippen LogP contribution in [0.2, 0.25) is 0 Å². The van der Waals surface area contributed by atoms with Gasteiger partial charge < -0.3 is 10.6 Å². The molecule has 0 spiro atoms. The second-order valence-electron chi connectivity index (χ2n) is 5.46. The Morgan fingerprint density at radius 2 is 2.00 bits per heavy atom. The summed E-state index contributed by atoms with van der Waals surface area (Å²) in [6.45, 7) is 3.63. The molecular formula is C13H15F3N2O. The third kappa shape index (κ3) is 2.52. The molecule has 0 atom stereocenters. The fourth-order valence-corrected chi connectivity index (χ4v) is 2.55. The van der Waals surface area contributed by atoms with Crippen LogP contribution in [0.4, 0.5) is 18.9 Å². The van der Waals surface area contributed by atoms with Crippen molar-refractivity contribution < 1.29 is 18.0 Å². The number of fused-ring (bicyclic) bond motifs is 1. The van der Waals surface area contributed by atoms with E-state index in [1.54, 1.807) is 12.1 Å². The summed E-state index contributed by atoms with van der Waals surface area (Å²) in [5.41, 5.74) is 7.22. The maximum atomic E-state index is 12.5. The zero-order valence-electron chi connectivity index (χ0n) is 10.7. The number of carbonyl (C=O) groups excluding carboxylic acids is 1. The summed E-state index contributed by atoms with van der Waals surface area (Å²) < 4.78 is 37.6. The highest BCUT2D eigenvalue weighted by molar-refractivity contribution is 5.82. The Bertz CT molecular complexity index is 523. The third-order valence-corrected chi connectivity index (χ3v) is 3.34. The molecule has 1 aliphatic heterocycles. The number of nitrogen functional groups attached to an aromatic ring is 1. The molecule has 1 aliphatic rings. The molecule has 1 heterocycles. The zero-order chi connectivity index (χ0) is 14.4. The number of halogens is 3. The summed E-state index contributed by atoms with van der Waals surface area (Å²) in [5.74, 6) is -1.80. The Morgan fingerprint density at radius 1 is 1.37 bits per heavy atom. The standard InChI is InChI=1S/C13H15F3N2O/c1-12(2)7-18(11(19)13(14,15)16)6-8-5-9(17)3-4-10(8)12/h3-5H,6-7,17H2,1-2H3. The summed E-state index contributed by atoms with van der Waals surface area (Å²) in [6, 6.07) is 5.18. The SMILES string of the molecule is CC1(C)CN(C(=O)C(F)(F)F)Cc2cc(N)ccc21. The van der Waals surface area contributed by atoms with Gasteiger partial charge in [0.2, 0.25) is 0 Å². The minimum absolute atomic E-state index is 0.0439. The molecule has 1 aromatic carbocycles. The Balaban J connectivity index is 2.40. The van der Waals surface area contributed by atoms with Crippen LogP contribution in [0.15, 0.2) is 18.2 Å². The minimum Gasteiger partial charge on any atom is -0.399 e. The van der Waals surface area contributed by atoms with Gasteiger partial charge in [0.05, 0.1) is 0 Å². The maximum Gasteiger partial charge on any atom is 0.471 e. The van der Waals surface area contributed by atoms with Crippen LogP contribution in [-0.4, -0.2) is 23.5 Å². The molecule has 0 bridgehead atoms. The van der Waals surface area contributed by atoms with Gasteiger partial charge in [-0.1, -0.05) is 19.9 Å². The Morgan fingerprint density at radius 3 is 2.58 bits per heavy atom. The van der Waals surface area contributed by atoms with E-state index in [0.29, 0.717) is 11.3 Å². The Hall–Kier alpha value is -1.72. The number of nitrogens with zero attached hydrogens (tertiary/aromatic N) is 1. The van der Waals surface area contributed by atoms with Crippen LogP contribution in [-0.2, 0) is 16.8 Å². The van der Waals surface area contributed by atoms with Gasteiger partial charge in [0.1, 0.15) is 0 Å². The molecule has 0 radical (unpaired) electrons. The average molecular weight is 272 g/mol. The largest absolute Gasteiger partial charge is 0.471 e. The van der Waals surface area contributed by atoms with Gasteiger partial charge in [-0.3, -0.25) is 4.79 Å². The van der Waals surface area contributed by atoms with Crippen LogP contribution in [0.5, 0.6) is 0 Å². The number of carbonyl (C=O) groups is 1. The molecule has 0 aliphatic carbocycles. The van der Waals surface area contributed by atoms with Gasteiger partial charge in [0.15, 0.2) is 0 Å². The average Bonchev–Trinajstić information content (AvgIpc) is 2.24. The van der Waals surface area contributed by atoms with Crippen LogP contribution in [0.1, 0.15) is 25.0 Å². The van der Waals surface area contributed by atoms with Crippen molar-refractivity contribution >= 4 is 11.6 Å². The number of rotatable bonds is 0. The quantitative estimate of drug-likeness (QED) is 0.737. The van der Waals surface area contributed by atoms with Crippen molar-refractivity contribution in [1.29, 1.82) is 0 Å². The van der Waals surface area contributed by atoms with E-state index in [9.17, 15) is 18.0 Å². The maximum absolute atomic E-state index is 12.5. The van der Waals surface area contributed by atoms with Crippen molar-refractivity contribution in [3.05, 3.63) is 29.3 Å². The monoisotopic (exact) mass is 272 g/mol. The third-order valence-electron chi connectivity index (χ3n) is 3.34. The van der Waals surface area contributed by atoms with E-state index in [0.717, 1.165) is 10.5 Å². The smallest absolute Gasteiger partial charge is 0.399 e. The summed E-state index contributed by atoms with van der Waals surface area (Å²) in [7, 11) is 0. The number of alkyl halides is 3. The number of anilines is 1. The normalized spacial score (nSPS) is 18.1. The highest BCUT2D eigenvalue weighted by Crippen LogP contribution is 2.35. The first-order chi connectivity index (χ1) is 8.61. The molecule has 0 saturated heterocycles. The zero-order valence-corrected chi connectivity index (χ0v) is 10.7. The summed E-state index contributed by atoms with van der Waals surface area (Å²) >= 11 is 0. The van der Waals surface area contributed by atoms with Gasteiger partial charge in [-0.05, 0) is 23.3 Å². The van der Waals surface area contributed by atoms with Gasteiger partial charge in [-0.15, -0.1) is 0 Å².